The minimum Gasteiger partial charge on any atom is -0.311 e. The van der Waals surface area contributed by atoms with Gasteiger partial charge in [-0.3, -0.25) is 14.9 Å². The summed E-state index contributed by atoms with van der Waals surface area (Å²) in [5, 5.41) is 17.9. The van der Waals surface area contributed by atoms with Crippen LogP contribution in [0.25, 0.3) is 5.69 Å². The number of hydrogen-bond acceptors (Lipinski definition) is 6. The van der Waals surface area contributed by atoms with E-state index in [4.69, 9.17) is 0 Å². The number of sulfonamides is 1. The molecule has 2 aromatic carbocycles. The average molecular weight is 476 g/mol. The summed E-state index contributed by atoms with van der Waals surface area (Å²) in [6.07, 6.45) is 0.307. The Bertz CT molecular complexity index is 1260. The second-order valence-corrected chi connectivity index (χ2v) is 9.33. The maximum absolute atomic E-state index is 13.0. The molecule has 0 aliphatic carbocycles. The van der Waals surface area contributed by atoms with Gasteiger partial charge < -0.3 is 5.32 Å². The SMILES string of the molecule is Cc1cc(NC(=O)CCCN(C)S(=O)(=O)c2ccc(F)cc2)n(-c2ccc([N+](=O)[O-])cc2)n1. The molecule has 0 atom stereocenters. The molecule has 0 fully saturated rings. The smallest absolute Gasteiger partial charge is 0.269 e. The molecule has 0 radical (unpaired) electrons. The van der Waals surface area contributed by atoms with Crippen molar-refractivity contribution in [3.8, 4) is 5.69 Å². The molecule has 1 heterocycles. The number of carbonyl (C=O) groups excluding carboxylic acids is 1. The first-order chi connectivity index (χ1) is 15.6. The lowest BCUT2D eigenvalue weighted by atomic mass is 10.3. The van der Waals surface area contributed by atoms with Crippen LogP contribution in [0.4, 0.5) is 15.9 Å². The number of hydrogen-bond donors (Lipinski definition) is 1. The third kappa shape index (κ3) is 5.79. The minimum absolute atomic E-state index is 0.0293. The first-order valence-electron chi connectivity index (χ1n) is 9.91. The zero-order valence-electron chi connectivity index (χ0n) is 17.9. The second-order valence-electron chi connectivity index (χ2n) is 7.29. The molecule has 0 aliphatic rings. The average Bonchev–Trinajstić information content (AvgIpc) is 3.13. The van der Waals surface area contributed by atoms with Crippen molar-refractivity contribution in [2.45, 2.75) is 24.7 Å². The Kier molecular flexibility index (Phi) is 7.19. The van der Waals surface area contributed by atoms with Crippen LogP contribution in [-0.2, 0) is 14.8 Å². The van der Waals surface area contributed by atoms with Crippen LogP contribution in [0.15, 0.2) is 59.5 Å². The van der Waals surface area contributed by atoms with Crippen LogP contribution in [0.3, 0.4) is 0 Å². The number of nitro groups is 1. The summed E-state index contributed by atoms with van der Waals surface area (Å²) in [7, 11) is -2.40. The molecule has 1 aromatic heterocycles. The van der Waals surface area contributed by atoms with Crippen molar-refractivity contribution in [3.63, 3.8) is 0 Å². The summed E-state index contributed by atoms with van der Waals surface area (Å²) >= 11 is 0. The van der Waals surface area contributed by atoms with Gasteiger partial charge in [0.2, 0.25) is 15.9 Å². The van der Waals surface area contributed by atoms with Crippen LogP contribution in [0.2, 0.25) is 0 Å². The van der Waals surface area contributed by atoms with Crippen molar-refractivity contribution < 1.29 is 22.5 Å². The Morgan fingerprint density at radius 1 is 1.18 bits per heavy atom. The van der Waals surface area contributed by atoms with Crippen molar-refractivity contribution in [1.82, 2.24) is 14.1 Å². The summed E-state index contributed by atoms with van der Waals surface area (Å²) in [5.74, 6) is -0.485. The topological polar surface area (TPSA) is 127 Å². The molecule has 0 unspecified atom stereocenters. The lowest BCUT2D eigenvalue weighted by Gasteiger charge is -2.17. The fourth-order valence-electron chi connectivity index (χ4n) is 3.08. The number of halogens is 1. The largest absolute Gasteiger partial charge is 0.311 e. The number of nitro benzene ring substituents is 1. The van der Waals surface area contributed by atoms with Gasteiger partial charge in [-0.15, -0.1) is 0 Å². The molecule has 10 nitrogen and oxygen atoms in total. The lowest BCUT2D eigenvalue weighted by Crippen LogP contribution is -2.28. The van der Waals surface area contributed by atoms with E-state index in [0.29, 0.717) is 17.2 Å². The van der Waals surface area contributed by atoms with E-state index in [1.54, 1.807) is 13.0 Å². The Morgan fingerprint density at radius 3 is 2.42 bits per heavy atom. The van der Waals surface area contributed by atoms with Crippen LogP contribution in [0, 0.1) is 22.9 Å². The molecule has 12 heteroatoms. The van der Waals surface area contributed by atoms with Crippen molar-refractivity contribution in [2.75, 3.05) is 18.9 Å². The highest BCUT2D eigenvalue weighted by Crippen LogP contribution is 2.21. The van der Waals surface area contributed by atoms with Crippen molar-refractivity contribution in [2.24, 2.45) is 0 Å². The number of anilines is 1. The molecule has 33 heavy (non-hydrogen) atoms. The van der Waals surface area contributed by atoms with Gasteiger partial charge in [-0.1, -0.05) is 0 Å². The van der Waals surface area contributed by atoms with Crippen LogP contribution >= 0.6 is 0 Å². The first-order valence-corrected chi connectivity index (χ1v) is 11.3. The van der Waals surface area contributed by atoms with Crippen molar-refractivity contribution in [1.29, 1.82) is 0 Å². The van der Waals surface area contributed by atoms with Gasteiger partial charge in [-0.25, -0.2) is 21.8 Å². The zero-order valence-corrected chi connectivity index (χ0v) is 18.8. The highest BCUT2D eigenvalue weighted by molar-refractivity contribution is 7.89. The number of nitrogens with one attached hydrogen (secondary N) is 1. The Labute approximate surface area is 189 Å². The van der Waals surface area contributed by atoms with E-state index in [1.807, 2.05) is 0 Å². The predicted molar refractivity (Wildman–Crippen MR) is 119 cm³/mol. The van der Waals surface area contributed by atoms with E-state index in [9.17, 15) is 27.7 Å². The van der Waals surface area contributed by atoms with Gasteiger partial charge in [0.15, 0.2) is 0 Å². The molecule has 0 saturated carbocycles. The third-order valence-electron chi connectivity index (χ3n) is 4.80. The predicted octanol–water partition coefficient (Wildman–Crippen LogP) is 3.27. The molecule has 3 aromatic rings. The molecule has 1 N–H and O–H groups in total. The number of non-ortho nitro benzene ring substituents is 1. The normalized spacial score (nSPS) is 11.5. The summed E-state index contributed by atoms with van der Waals surface area (Å²) in [5.41, 5.74) is 1.11. The molecule has 1 amide bonds. The van der Waals surface area contributed by atoms with E-state index in [-0.39, 0.29) is 35.9 Å². The highest BCUT2D eigenvalue weighted by atomic mass is 32.2. The summed E-state index contributed by atoms with van der Waals surface area (Å²) in [4.78, 5) is 22.7. The number of aromatic nitrogens is 2. The van der Waals surface area contributed by atoms with E-state index in [2.05, 4.69) is 10.4 Å². The summed E-state index contributed by atoms with van der Waals surface area (Å²) in [6.45, 7) is 1.83. The zero-order chi connectivity index (χ0) is 24.2. The highest BCUT2D eigenvalue weighted by Gasteiger charge is 2.21. The van der Waals surface area contributed by atoms with Crippen LogP contribution in [0.1, 0.15) is 18.5 Å². The Balaban J connectivity index is 1.60. The molecule has 0 spiro atoms. The Hall–Kier alpha value is -3.64. The fourth-order valence-corrected chi connectivity index (χ4v) is 4.28. The number of benzene rings is 2. The van der Waals surface area contributed by atoms with Gasteiger partial charge in [0.05, 0.1) is 21.2 Å². The van der Waals surface area contributed by atoms with E-state index < -0.39 is 20.8 Å². The molecule has 0 saturated heterocycles. The van der Waals surface area contributed by atoms with E-state index in [1.165, 1.54) is 48.1 Å². The monoisotopic (exact) mass is 475 g/mol. The van der Waals surface area contributed by atoms with Crippen molar-refractivity contribution >= 4 is 27.4 Å². The van der Waals surface area contributed by atoms with Gasteiger partial charge >= 0.3 is 0 Å². The minimum atomic E-state index is -3.79. The molecule has 0 bridgehead atoms. The summed E-state index contributed by atoms with van der Waals surface area (Å²) in [6, 6.07) is 11.9. The lowest BCUT2D eigenvalue weighted by molar-refractivity contribution is -0.384. The van der Waals surface area contributed by atoms with Gasteiger partial charge in [0, 0.05) is 38.2 Å². The first kappa shape index (κ1) is 24.0. The van der Waals surface area contributed by atoms with Crippen LogP contribution in [-0.4, -0.2) is 46.9 Å². The van der Waals surface area contributed by atoms with Crippen molar-refractivity contribution in [3.05, 3.63) is 76.2 Å². The summed E-state index contributed by atoms with van der Waals surface area (Å²) < 4.78 is 40.7. The maximum Gasteiger partial charge on any atom is 0.269 e. The standard InChI is InChI=1S/C21H22FN5O5S/c1-15-14-20(26(24-15)17-7-9-18(10-8-17)27(29)30)23-21(28)4-3-13-25(2)33(31,32)19-11-5-16(22)6-12-19/h5-12,14H,3-4,13H2,1-2H3,(H,23,28). The molecule has 174 valence electrons. The molecule has 0 aliphatic heterocycles. The number of aryl methyl sites for hydroxylation is 1. The maximum atomic E-state index is 13.0. The Morgan fingerprint density at radius 2 is 1.82 bits per heavy atom. The van der Waals surface area contributed by atoms with Crippen LogP contribution < -0.4 is 5.32 Å². The quantitative estimate of drug-likeness (QED) is 0.374. The van der Waals surface area contributed by atoms with Gasteiger partial charge in [0.25, 0.3) is 5.69 Å². The number of rotatable bonds is 9. The number of carbonyl (C=O) groups is 1. The number of nitrogens with zero attached hydrogens (tertiary/aromatic N) is 4. The fraction of sp³-hybridized carbons (Fsp3) is 0.238. The van der Waals surface area contributed by atoms with Gasteiger partial charge in [-0.2, -0.15) is 5.10 Å². The molecular weight excluding hydrogens is 453 g/mol. The van der Waals surface area contributed by atoms with Gasteiger partial charge in [0.1, 0.15) is 11.6 Å². The molecule has 3 rings (SSSR count). The van der Waals surface area contributed by atoms with Crippen LogP contribution in [0.5, 0.6) is 0 Å². The second kappa shape index (κ2) is 9.88. The third-order valence-corrected chi connectivity index (χ3v) is 6.67. The van der Waals surface area contributed by atoms with E-state index >= 15 is 0 Å². The van der Waals surface area contributed by atoms with E-state index in [0.717, 1.165) is 16.4 Å². The van der Waals surface area contributed by atoms with Gasteiger partial charge in [-0.05, 0) is 49.7 Å². The molecular formula is C21H22FN5O5S. The number of amides is 1.